The zero-order valence-corrected chi connectivity index (χ0v) is 12.3. The average molecular weight is 268 g/mol. The van der Waals surface area contributed by atoms with Crippen LogP contribution in [0.15, 0.2) is 36.5 Å². The molecule has 106 valence electrons. The first-order valence-electron chi connectivity index (χ1n) is 7.97. The minimum Gasteiger partial charge on any atom is -0.310 e. The molecular formula is C18H24N2. The molecule has 2 heteroatoms. The summed E-state index contributed by atoms with van der Waals surface area (Å²) in [5.41, 5.74) is 2.56. The van der Waals surface area contributed by atoms with Crippen LogP contribution in [0.5, 0.6) is 0 Å². The van der Waals surface area contributed by atoms with Crippen molar-refractivity contribution in [1.82, 2.24) is 10.3 Å². The topological polar surface area (TPSA) is 24.9 Å². The second-order valence-corrected chi connectivity index (χ2v) is 5.89. The van der Waals surface area contributed by atoms with Crippen LogP contribution in [0.25, 0.3) is 10.9 Å². The Bertz CT molecular complexity index is 553. The predicted molar refractivity (Wildman–Crippen MR) is 84.7 cm³/mol. The molecule has 1 aliphatic rings. The van der Waals surface area contributed by atoms with E-state index < -0.39 is 0 Å². The van der Waals surface area contributed by atoms with Crippen LogP contribution in [0.4, 0.5) is 0 Å². The highest BCUT2D eigenvalue weighted by Gasteiger charge is 2.26. The minimum atomic E-state index is 0.491. The molecule has 2 nitrogen and oxygen atoms in total. The first-order chi connectivity index (χ1) is 9.90. The highest BCUT2D eigenvalue weighted by molar-refractivity contribution is 5.82. The van der Waals surface area contributed by atoms with Crippen LogP contribution in [-0.4, -0.2) is 11.5 Å². The first kappa shape index (κ1) is 13.6. The summed E-state index contributed by atoms with van der Waals surface area (Å²) < 4.78 is 0. The van der Waals surface area contributed by atoms with Gasteiger partial charge in [-0.05, 0) is 49.4 Å². The van der Waals surface area contributed by atoms with Gasteiger partial charge in [-0.25, -0.2) is 0 Å². The number of pyridine rings is 1. The lowest BCUT2D eigenvalue weighted by atomic mass is 9.89. The van der Waals surface area contributed by atoms with Gasteiger partial charge in [0.05, 0.1) is 5.52 Å². The second kappa shape index (κ2) is 6.36. The monoisotopic (exact) mass is 268 g/mol. The molecule has 1 fully saturated rings. The summed E-state index contributed by atoms with van der Waals surface area (Å²) in [6.45, 7) is 3.33. The van der Waals surface area contributed by atoms with Crippen molar-refractivity contribution < 1.29 is 0 Å². The van der Waals surface area contributed by atoms with E-state index >= 15 is 0 Å². The molecule has 1 heterocycles. The van der Waals surface area contributed by atoms with Crippen LogP contribution in [-0.2, 0) is 0 Å². The molecule has 20 heavy (non-hydrogen) atoms. The van der Waals surface area contributed by atoms with E-state index in [-0.39, 0.29) is 0 Å². The third-order valence-electron chi connectivity index (χ3n) is 4.50. The Morgan fingerprint density at radius 1 is 1.20 bits per heavy atom. The quantitative estimate of drug-likeness (QED) is 0.865. The number of nitrogens with one attached hydrogen (secondary N) is 1. The minimum absolute atomic E-state index is 0.491. The Morgan fingerprint density at radius 2 is 2.05 bits per heavy atom. The number of benzene rings is 1. The zero-order valence-electron chi connectivity index (χ0n) is 12.3. The Morgan fingerprint density at radius 3 is 2.85 bits per heavy atom. The van der Waals surface area contributed by atoms with E-state index in [0.29, 0.717) is 6.04 Å². The van der Waals surface area contributed by atoms with Gasteiger partial charge in [0, 0.05) is 17.6 Å². The normalized spacial score (nSPS) is 17.6. The summed E-state index contributed by atoms with van der Waals surface area (Å²) in [6, 6.07) is 11.3. The Hall–Kier alpha value is -1.41. The van der Waals surface area contributed by atoms with Gasteiger partial charge in [-0.15, -0.1) is 0 Å². The molecule has 0 bridgehead atoms. The largest absolute Gasteiger partial charge is 0.310 e. The van der Waals surface area contributed by atoms with Gasteiger partial charge in [0.25, 0.3) is 0 Å². The number of nitrogens with zero attached hydrogens (tertiary/aromatic N) is 1. The van der Waals surface area contributed by atoms with Crippen molar-refractivity contribution in [3.63, 3.8) is 0 Å². The van der Waals surface area contributed by atoms with Crippen molar-refractivity contribution in [2.24, 2.45) is 5.92 Å². The molecule has 0 amide bonds. The summed E-state index contributed by atoms with van der Waals surface area (Å²) in [5.74, 6) is 0.785. The second-order valence-electron chi connectivity index (χ2n) is 5.89. The van der Waals surface area contributed by atoms with E-state index in [1.54, 1.807) is 0 Å². The number of fused-ring (bicyclic) bond motifs is 1. The Balaban J connectivity index is 1.99. The molecule has 2 aromatic rings. The van der Waals surface area contributed by atoms with Crippen molar-refractivity contribution in [3.05, 3.63) is 42.1 Å². The zero-order chi connectivity index (χ0) is 13.8. The van der Waals surface area contributed by atoms with Gasteiger partial charge in [-0.3, -0.25) is 4.98 Å². The molecule has 1 aromatic carbocycles. The summed E-state index contributed by atoms with van der Waals surface area (Å²) in [7, 11) is 0. The van der Waals surface area contributed by atoms with E-state index in [1.165, 1.54) is 43.1 Å². The molecule has 0 saturated heterocycles. The van der Waals surface area contributed by atoms with E-state index in [2.05, 4.69) is 47.6 Å². The van der Waals surface area contributed by atoms with Crippen LogP contribution in [0.1, 0.15) is 50.6 Å². The van der Waals surface area contributed by atoms with Crippen LogP contribution in [0.2, 0.25) is 0 Å². The van der Waals surface area contributed by atoms with Gasteiger partial charge in [0.15, 0.2) is 0 Å². The average Bonchev–Trinajstić information content (AvgIpc) is 3.02. The fourth-order valence-corrected chi connectivity index (χ4v) is 3.52. The Kier molecular flexibility index (Phi) is 4.31. The maximum Gasteiger partial charge on any atom is 0.0705 e. The van der Waals surface area contributed by atoms with Crippen molar-refractivity contribution in [2.45, 2.75) is 45.1 Å². The molecule has 0 aliphatic heterocycles. The molecule has 1 aliphatic carbocycles. The number of rotatable bonds is 5. The van der Waals surface area contributed by atoms with Gasteiger partial charge in [-0.1, -0.05) is 38.0 Å². The van der Waals surface area contributed by atoms with Crippen LogP contribution in [0, 0.1) is 5.92 Å². The van der Waals surface area contributed by atoms with E-state index in [0.717, 1.165) is 18.0 Å². The third kappa shape index (κ3) is 2.71. The lowest BCUT2D eigenvalue weighted by Crippen LogP contribution is -2.28. The molecule has 1 N–H and O–H groups in total. The van der Waals surface area contributed by atoms with E-state index in [9.17, 15) is 0 Å². The molecule has 1 aromatic heterocycles. The molecule has 1 unspecified atom stereocenters. The molecule has 1 atom stereocenters. The summed E-state index contributed by atoms with van der Waals surface area (Å²) in [6.07, 6.45) is 8.56. The SMILES string of the molecule is CCCNC(c1cccc2ncccc12)C1CCCC1. The number of hydrogen-bond donors (Lipinski definition) is 1. The molecule has 0 radical (unpaired) electrons. The summed E-state index contributed by atoms with van der Waals surface area (Å²) >= 11 is 0. The lowest BCUT2D eigenvalue weighted by molar-refractivity contribution is 0.370. The van der Waals surface area contributed by atoms with Crippen molar-refractivity contribution in [2.75, 3.05) is 6.54 Å². The molecule has 1 saturated carbocycles. The summed E-state index contributed by atoms with van der Waals surface area (Å²) in [4.78, 5) is 4.50. The highest BCUT2D eigenvalue weighted by Crippen LogP contribution is 2.37. The van der Waals surface area contributed by atoms with E-state index in [1.807, 2.05) is 6.20 Å². The number of aromatic nitrogens is 1. The maximum absolute atomic E-state index is 4.50. The first-order valence-corrected chi connectivity index (χ1v) is 7.97. The van der Waals surface area contributed by atoms with E-state index in [4.69, 9.17) is 0 Å². The smallest absolute Gasteiger partial charge is 0.0705 e. The van der Waals surface area contributed by atoms with Crippen LogP contribution < -0.4 is 5.32 Å². The highest BCUT2D eigenvalue weighted by atomic mass is 14.9. The predicted octanol–water partition coefficient (Wildman–Crippen LogP) is 4.47. The van der Waals surface area contributed by atoms with Crippen molar-refractivity contribution in [1.29, 1.82) is 0 Å². The van der Waals surface area contributed by atoms with Crippen molar-refractivity contribution in [3.8, 4) is 0 Å². The van der Waals surface area contributed by atoms with Gasteiger partial charge < -0.3 is 5.32 Å². The van der Waals surface area contributed by atoms with Gasteiger partial charge in [0.1, 0.15) is 0 Å². The van der Waals surface area contributed by atoms with Crippen LogP contribution >= 0.6 is 0 Å². The maximum atomic E-state index is 4.50. The molecular weight excluding hydrogens is 244 g/mol. The Labute approximate surface area is 121 Å². The standard InChI is InChI=1S/C18H24N2/c1-2-12-20-18(14-7-3-4-8-14)16-9-5-11-17-15(16)10-6-13-19-17/h5-6,9-11,13-14,18,20H,2-4,7-8,12H2,1H3. The molecule has 0 spiro atoms. The summed E-state index contributed by atoms with van der Waals surface area (Å²) in [5, 5.41) is 5.11. The number of hydrogen-bond acceptors (Lipinski definition) is 2. The molecule has 3 rings (SSSR count). The fraction of sp³-hybridized carbons (Fsp3) is 0.500. The van der Waals surface area contributed by atoms with Gasteiger partial charge in [0.2, 0.25) is 0 Å². The van der Waals surface area contributed by atoms with Crippen molar-refractivity contribution >= 4 is 10.9 Å². The third-order valence-corrected chi connectivity index (χ3v) is 4.50. The van der Waals surface area contributed by atoms with Crippen LogP contribution in [0.3, 0.4) is 0 Å². The lowest BCUT2D eigenvalue weighted by Gasteiger charge is -2.26. The van der Waals surface area contributed by atoms with Gasteiger partial charge in [-0.2, -0.15) is 0 Å². The van der Waals surface area contributed by atoms with Gasteiger partial charge >= 0.3 is 0 Å². The fourth-order valence-electron chi connectivity index (χ4n) is 3.52.